The van der Waals surface area contributed by atoms with Crippen LogP contribution < -0.4 is 5.32 Å². The summed E-state index contributed by atoms with van der Waals surface area (Å²) in [5.41, 5.74) is 3.74. The Bertz CT molecular complexity index is 1080. The molecule has 146 valence electrons. The van der Waals surface area contributed by atoms with E-state index in [0.29, 0.717) is 22.4 Å². The molecule has 0 aliphatic carbocycles. The topological polar surface area (TPSA) is 72.5 Å². The highest BCUT2D eigenvalue weighted by atomic mass is 16.5. The lowest BCUT2D eigenvalue weighted by atomic mass is 9.97. The summed E-state index contributed by atoms with van der Waals surface area (Å²) in [4.78, 5) is 37.7. The summed E-state index contributed by atoms with van der Waals surface area (Å²) in [5, 5.41) is 2.80. The lowest BCUT2D eigenvalue weighted by Gasteiger charge is -2.12. The maximum Gasteiger partial charge on any atom is 0.337 e. The highest BCUT2D eigenvalue weighted by molar-refractivity contribution is 6.17. The first-order valence-corrected chi connectivity index (χ1v) is 9.11. The van der Waals surface area contributed by atoms with Gasteiger partial charge in [0, 0.05) is 16.8 Å². The third kappa shape index (κ3) is 4.41. The molecule has 1 N–H and O–H groups in total. The van der Waals surface area contributed by atoms with E-state index in [1.54, 1.807) is 54.6 Å². The van der Waals surface area contributed by atoms with Crippen molar-refractivity contribution in [2.75, 3.05) is 12.4 Å². The predicted octanol–water partition coefficient (Wildman–Crippen LogP) is 4.57. The fraction of sp³-hybridized carbons (Fsp3) is 0.125. The summed E-state index contributed by atoms with van der Waals surface area (Å²) in [6.07, 6.45) is 0. The van der Waals surface area contributed by atoms with Crippen molar-refractivity contribution in [3.63, 3.8) is 0 Å². The Labute approximate surface area is 169 Å². The van der Waals surface area contributed by atoms with E-state index >= 15 is 0 Å². The van der Waals surface area contributed by atoms with E-state index in [9.17, 15) is 14.4 Å². The molecule has 1 amide bonds. The maximum absolute atomic E-state index is 12.9. The molecule has 0 saturated carbocycles. The second kappa shape index (κ2) is 8.52. The lowest BCUT2D eigenvalue weighted by Crippen LogP contribution is -2.18. The van der Waals surface area contributed by atoms with Crippen molar-refractivity contribution in [1.29, 1.82) is 0 Å². The molecular formula is C24H21NO4. The molecule has 0 aromatic heterocycles. The number of carbonyl (C=O) groups is 3. The van der Waals surface area contributed by atoms with Crippen LogP contribution >= 0.6 is 0 Å². The van der Waals surface area contributed by atoms with Gasteiger partial charge in [-0.25, -0.2) is 4.79 Å². The summed E-state index contributed by atoms with van der Waals surface area (Å²) in [7, 11) is 1.30. The van der Waals surface area contributed by atoms with Gasteiger partial charge in [0.25, 0.3) is 5.91 Å². The molecule has 0 aliphatic heterocycles. The van der Waals surface area contributed by atoms with Crippen molar-refractivity contribution < 1.29 is 19.1 Å². The Morgan fingerprint density at radius 1 is 0.793 bits per heavy atom. The third-order valence-corrected chi connectivity index (χ3v) is 4.64. The summed E-state index contributed by atoms with van der Waals surface area (Å²) >= 11 is 0. The fourth-order valence-electron chi connectivity index (χ4n) is 2.93. The number of aryl methyl sites for hydroxylation is 2. The average molecular weight is 387 g/mol. The maximum atomic E-state index is 12.9. The number of esters is 1. The van der Waals surface area contributed by atoms with Crippen LogP contribution in [0.15, 0.2) is 66.7 Å². The molecule has 3 rings (SSSR count). The van der Waals surface area contributed by atoms with Gasteiger partial charge in [-0.15, -0.1) is 0 Å². The molecule has 3 aromatic carbocycles. The van der Waals surface area contributed by atoms with Crippen LogP contribution in [0.2, 0.25) is 0 Å². The van der Waals surface area contributed by atoms with Gasteiger partial charge in [0.1, 0.15) is 0 Å². The zero-order chi connectivity index (χ0) is 21.0. The predicted molar refractivity (Wildman–Crippen MR) is 112 cm³/mol. The Kier molecular flexibility index (Phi) is 5.88. The molecule has 0 saturated heterocycles. The van der Waals surface area contributed by atoms with Crippen molar-refractivity contribution in [2.45, 2.75) is 13.8 Å². The van der Waals surface area contributed by atoms with Crippen LogP contribution in [0.4, 0.5) is 5.69 Å². The molecular weight excluding hydrogens is 366 g/mol. The Morgan fingerprint density at radius 2 is 1.41 bits per heavy atom. The summed E-state index contributed by atoms with van der Waals surface area (Å²) in [5.74, 6) is -1.14. The van der Waals surface area contributed by atoms with Gasteiger partial charge in [0.15, 0.2) is 5.78 Å². The second-order valence-electron chi connectivity index (χ2n) is 6.72. The normalized spacial score (nSPS) is 10.3. The van der Waals surface area contributed by atoms with Gasteiger partial charge in [0.05, 0.1) is 18.2 Å². The van der Waals surface area contributed by atoms with Gasteiger partial charge in [0.2, 0.25) is 0 Å². The monoisotopic (exact) mass is 387 g/mol. The Balaban J connectivity index is 1.92. The van der Waals surface area contributed by atoms with Crippen LogP contribution in [0.5, 0.6) is 0 Å². The SMILES string of the molecule is COC(=O)c1ccc(C)c(NC(=O)c2ccccc2C(=O)c2ccc(C)cc2)c1. The van der Waals surface area contributed by atoms with Crippen LogP contribution in [-0.2, 0) is 4.74 Å². The van der Waals surface area contributed by atoms with Crippen LogP contribution in [0.3, 0.4) is 0 Å². The van der Waals surface area contributed by atoms with Crippen molar-refractivity contribution >= 4 is 23.3 Å². The molecule has 0 atom stereocenters. The number of carbonyl (C=O) groups excluding carboxylic acids is 3. The number of amides is 1. The van der Waals surface area contributed by atoms with Crippen LogP contribution in [0, 0.1) is 13.8 Å². The zero-order valence-electron chi connectivity index (χ0n) is 16.5. The fourth-order valence-corrected chi connectivity index (χ4v) is 2.93. The average Bonchev–Trinajstić information content (AvgIpc) is 2.74. The van der Waals surface area contributed by atoms with Gasteiger partial charge >= 0.3 is 5.97 Å². The minimum absolute atomic E-state index is 0.226. The van der Waals surface area contributed by atoms with Gasteiger partial charge < -0.3 is 10.1 Å². The zero-order valence-corrected chi connectivity index (χ0v) is 16.5. The van der Waals surface area contributed by atoms with E-state index in [1.165, 1.54) is 7.11 Å². The van der Waals surface area contributed by atoms with Crippen molar-refractivity contribution in [1.82, 2.24) is 0 Å². The first-order chi connectivity index (χ1) is 13.9. The summed E-state index contributed by atoms with van der Waals surface area (Å²) < 4.78 is 4.73. The number of hydrogen-bond acceptors (Lipinski definition) is 4. The minimum atomic E-state index is -0.490. The minimum Gasteiger partial charge on any atom is -0.465 e. The summed E-state index contributed by atoms with van der Waals surface area (Å²) in [6.45, 7) is 3.76. The largest absolute Gasteiger partial charge is 0.465 e. The Hall–Kier alpha value is -3.73. The first-order valence-electron chi connectivity index (χ1n) is 9.11. The van der Waals surface area contributed by atoms with E-state index in [2.05, 4.69) is 5.32 Å². The standard InChI is InChI=1S/C24H21NO4/c1-15-8-11-17(12-9-15)22(26)19-6-4-5-7-20(19)23(27)25-21-14-18(24(28)29-3)13-10-16(21)2/h4-14H,1-3H3,(H,25,27). The quantitative estimate of drug-likeness (QED) is 0.514. The van der Waals surface area contributed by atoms with Gasteiger partial charge in [-0.05, 0) is 37.6 Å². The van der Waals surface area contributed by atoms with E-state index in [4.69, 9.17) is 4.74 Å². The molecule has 0 fully saturated rings. The van der Waals surface area contributed by atoms with E-state index in [-0.39, 0.29) is 11.3 Å². The molecule has 0 spiro atoms. The lowest BCUT2D eigenvalue weighted by molar-refractivity contribution is 0.0600. The number of ether oxygens (including phenoxy) is 1. The van der Waals surface area contributed by atoms with E-state index in [0.717, 1.165) is 11.1 Å². The molecule has 5 heteroatoms. The molecule has 0 aliphatic rings. The first kappa shape index (κ1) is 20.0. The number of methoxy groups -OCH3 is 1. The van der Waals surface area contributed by atoms with Crippen molar-refractivity contribution in [3.05, 3.63) is 100 Å². The van der Waals surface area contributed by atoms with Gasteiger partial charge in [-0.1, -0.05) is 54.1 Å². The molecule has 3 aromatic rings. The number of benzene rings is 3. The molecule has 0 bridgehead atoms. The molecule has 29 heavy (non-hydrogen) atoms. The second-order valence-corrected chi connectivity index (χ2v) is 6.72. The van der Waals surface area contributed by atoms with E-state index in [1.807, 2.05) is 26.0 Å². The van der Waals surface area contributed by atoms with Crippen LogP contribution in [-0.4, -0.2) is 24.8 Å². The molecule has 0 heterocycles. The highest BCUT2D eigenvalue weighted by Gasteiger charge is 2.19. The molecule has 5 nitrogen and oxygen atoms in total. The van der Waals surface area contributed by atoms with Crippen LogP contribution in [0.1, 0.15) is 47.8 Å². The van der Waals surface area contributed by atoms with Gasteiger partial charge in [-0.2, -0.15) is 0 Å². The highest BCUT2D eigenvalue weighted by Crippen LogP contribution is 2.21. The third-order valence-electron chi connectivity index (χ3n) is 4.64. The van der Waals surface area contributed by atoms with Crippen molar-refractivity contribution in [2.24, 2.45) is 0 Å². The Morgan fingerprint density at radius 3 is 2.07 bits per heavy atom. The molecule has 0 unspecified atom stereocenters. The summed E-state index contributed by atoms with van der Waals surface area (Å²) in [6, 6.07) is 18.8. The molecule has 0 radical (unpaired) electrons. The van der Waals surface area contributed by atoms with Crippen LogP contribution in [0.25, 0.3) is 0 Å². The van der Waals surface area contributed by atoms with E-state index < -0.39 is 11.9 Å². The number of ketones is 1. The smallest absolute Gasteiger partial charge is 0.337 e. The number of anilines is 1. The number of rotatable bonds is 5. The van der Waals surface area contributed by atoms with Gasteiger partial charge in [-0.3, -0.25) is 9.59 Å². The number of hydrogen-bond donors (Lipinski definition) is 1. The number of nitrogens with one attached hydrogen (secondary N) is 1. The van der Waals surface area contributed by atoms with Crippen molar-refractivity contribution in [3.8, 4) is 0 Å².